The minimum absolute atomic E-state index is 0.0340. The third kappa shape index (κ3) is 3.59. The molecule has 1 aromatic carbocycles. The van der Waals surface area contributed by atoms with Crippen LogP contribution in [-0.2, 0) is 6.61 Å². The smallest absolute Gasteiger partial charge is 0.229 e. The fourth-order valence-corrected chi connectivity index (χ4v) is 3.99. The second kappa shape index (κ2) is 7.73. The molecule has 144 valence electrons. The van der Waals surface area contributed by atoms with Crippen LogP contribution in [0.5, 0.6) is 11.6 Å². The molecule has 3 aromatic rings. The van der Waals surface area contributed by atoms with Crippen LogP contribution in [0.1, 0.15) is 60.7 Å². The molecule has 0 amide bonds. The maximum absolute atomic E-state index is 9.43. The molecular weight excluding hydrogens is 336 g/mol. The molecule has 0 fully saturated rings. The van der Waals surface area contributed by atoms with Gasteiger partial charge in [0.15, 0.2) is 0 Å². The lowest BCUT2D eigenvalue weighted by Gasteiger charge is -2.17. The van der Waals surface area contributed by atoms with E-state index in [1.807, 2.05) is 32.9 Å². The second-order valence-corrected chi connectivity index (χ2v) is 7.47. The molecule has 0 bridgehead atoms. The Morgan fingerprint density at radius 1 is 1.00 bits per heavy atom. The van der Waals surface area contributed by atoms with E-state index in [4.69, 9.17) is 9.72 Å². The first-order valence-electron chi connectivity index (χ1n) is 9.77. The zero-order valence-electron chi connectivity index (χ0n) is 17.3. The summed E-state index contributed by atoms with van der Waals surface area (Å²) in [5.41, 5.74) is 6.23. The van der Waals surface area contributed by atoms with Gasteiger partial charge in [-0.15, -0.1) is 0 Å². The summed E-state index contributed by atoms with van der Waals surface area (Å²) in [6.45, 7) is 12.7. The average Bonchev–Trinajstić information content (AvgIpc) is 2.95. The summed E-state index contributed by atoms with van der Waals surface area (Å²) in [6.07, 6.45) is 4.42. The second-order valence-electron chi connectivity index (χ2n) is 7.47. The normalized spacial score (nSPS) is 11.6. The Labute approximate surface area is 161 Å². The number of ether oxygens (including phenoxy) is 1. The first-order valence-corrected chi connectivity index (χ1v) is 9.77. The van der Waals surface area contributed by atoms with Gasteiger partial charge in [-0.1, -0.05) is 26.0 Å². The average molecular weight is 367 g/mol. The number of hydrogen-bond donors (Lipinski definition) is 1. The topological polar surface area (TPSA) is 47.3 Å². The molecule has 0 aliphatic rings. The lowest BCUT2D eigenvalue weighted by molar-refractivity contribution is 0.281. The highest BCUT2D eigenvalue weighted by Gasteiger charge is 2.19. The molecule has 0 aliphatic carbocycles. The standard InChI is InChI=1S/C23H30N2O2/c1-7-19(8-2)25-12-16(5)21-20(25)11-17(6)24-23(21)27-22-14(3)9-18(13-26)10-15(22)4/h9-12,19,26H,7-8,13H2,1-6H3. The number of pyridine rings is 1. The first kappa shape index (κ1) is 19.4. The molecule has 0 saturated carbocycles. The number of aryl methyl sites for hydroxylation is 4. The molecule has 0 unspecified atom stereocenters. The van der Waals surface area contributed by atoms with Crippen LogP contribution in [0.2, 0.25) is 0 Å². The van der Waals surface area contributed by atoms with Crippen molar-refractivity contribution in [2.75, 3.05) is 0 Å². The summed E-state index contributed by atoms with van der Waals surface area (Å²) in [5.74, 6) is 1.48. The van der Waals surface area contributed by atoms with E-state index in [9.17, 15) is 5.11 Å². The Morgan fingerprint density at radius 3 is 2.19 bits per heavy atom. The van der Waals surface area contributed by atoms with E-state index in [1.54, 1.807) is 0 Å². The fourth-order valence-electron chi connectivity index (χ4n) is 3.99. The minimum atomic E-state index is 0.0340. The summed E-state index contributed by atoms with van der Waals surface area (Å²) < 4.78 is 8.74. The van der Waals surface area contributed by atoms with E-state index in [1.165, 1.54) is 11.1 Å². The Morgan fingerprint density at radius 2 is 1.63 bits per heavy atom. The van der Waals surface area contributed by atoms with Gasteiger partial charge in [0.2, 0.25) is 5.88 Å². The Bertz CT molecular complexity index is 945. The van der Waals surface area contributed by atoms with Crippen LogP contribution in [0.3, 0.4) is 0 Å². The number of aliphatic hydroxyl groups is 1. The van der Waals surface area contributed by atoms with Crippen LogP contribution in [0.4, 0.5) is 0 Å². The summed E-state index contributed by atoms with van der Waals surface area (Å²) in [6, 6.07) is 6.57. The number of rotatable bonds is 6. The van der Waals surface area contributed by atoms with Crippen molar-refractivity contribution < 1.29 is 9.84 Å². The lowest BCUT2D eigenvalue weighted by Crippen LogP contribution is -2.05. The highest BCUT2D eigenvalue weighted by atomic mass is 16.5. The molecule has 3 rings (SSSR count). The number of benzene rings is 1. The van der Waals surface area contributed by atoms with Crippen LogP contribution >= 0.6 is 0 Å². The molecule has 27 heavy (non-hydrogen) atoms. The van der Waals surface area contributed by atoms with Gasteiger partial charge in [-0.3, -0.25) is 0 Å². The molecule has 2 aromatic heterocycles. The molecule has 0 saturated heterocycles. The van der Waals surface area contributed by atoms with Gasteiger partial charge in [0, 0.05) is 17.9 Å². The predicted molar refractivity (Wildman–Crippen MR) is 111 cm³/mol. The number of nitrogens with zero attached hydrogens (tertiary/aromatic N) is 2. The van der Waals surface area contributed by atoms with Crippen molar-refractivity contribution in [3.63, 3.8) is 0 Å². The van der Waals surface area contributed by atoms with Crippen molar-refractivity contribution in [1.29, 1.82) is 0 Å². The zero-order valence-corrected chi connectivity index (χ0v) is 17.3. The minimum Gasteiger partial charge on any atom is -0.438 e. The van der Waals surface area contributed by atoms with Crippen LogP contribution in [0.25, 0.3) is 10.9 Å². The molecule has 0 spiro atoms. The van der Waals surface area contributed by atoms with Crippen molar-refractivity contribution in [3.8, 4) is 11.6 Å². The van der Waals surface area contributed by atoms with E-state index < -0.39 is 0 Å². The van der Waals surface area contributed by atoms with E-state index in [0.717, 1.165) is 46.4 Å². The van der Waals surface area contributed by atoms with Gasteiger partial charge >= 0.3 is 0 Å². The predicted octanol–water partition coefficient (Wildman–Crippen LogP) is 5.92. The molecule has 0 atom stereocenters. The van der Waals surface area contributed by atoms with E-state index >= 15 is 0 Å². The molecular formula is C23H30N2O2. The number of hydrogen-bond acceptors (Lipinski definition) is 3. The highest BCUT2D eigenvalue weighted by Crippen LogP contribution is 2.37. The Balaban J connectivity index is 2.16. The lowest BCUT2D eigenvalue weighted by atomic mass is 10.1. The van der Waals surface area contributed by atoms with Gasteiger partial charge in [-0.2, -0.15) is 0 Å². The van der Waals surface area contributed by atoms with Crippen LogP contribution in [-0.4, -0.2) is 14.7 Å². The van der Waals surface area contributed by atoms with E-state index in [-0.39, 0.29) is 6.61 Å². The highest BCUT2D eigenvalue weighted by molar-refractivity contribution is 5.89. The monoisotopic (exact) mass is 366 g/mol. The molecule has 4 heteroatoms. The van der Waals surface area contributed by atoms with Gasteiger partial charge in [0.25, 0.3) is 0 Å². The van der Waals surface area contributed by atoms with E-state index in [0.29, 0.717) is 11.9 Å². The summed E-state index contributed by atoms with van der Waals surface area (Å²) in [5, 5.41) is 10.5. The molecule has 1 N–H and O–H groups in total. The summed E-state index contributed by atoms with van der Waals surface area (Å²) in [7, 11) is 0. The van der Waals surface area contributed by atoms with Crippen molar-refractivity contribution in [3.05, 3.63) is 52.3 Å². The van der Waals surface area contributed by atoms with Gasteiger partial charge < -0.3 is 14.4 Å². The van der Waals surface area contributed by atoms with Crippen molar-refractivity contribution in [2.24, 2.45) is 0 Å². The maximum Gasteiger partial charge on any atom is 0.229 e. The van der Waals surface area contributed by atoms with Crippen molar-refractivity contribution >= 4 is 10.9 Å². The Kier molecular flexibility index (Phi) is 5.56. The number of fused-ring (bicyclic) bond motifs is 1. The Hall–Kier alpha value is -2.33. The van der Waals surface area contributed by atoms with Gasteiger partial charge in [-0.25, -0.2) is 4.98 Å². The third-order valence-corrected chi connectivity index (χ3v) is 5.34. The van der Waals surface area contributed by atoms with Gasteiger partial charge in [0.05, 0.1) is 17.5 Å². The summed E-state index contributed by atoms with van der Waals surface area (Å²) in [4.78, 5) is 4.72. The first-order chi connectivity index (χ1) is 12.9. The van der Waals surface area contributed by atoms with Crippen LogP contribution in [0, 0.1) is 27.7 Å². The number of aliphatic hydroxyl groups excluding tert-OH is 1. The molecule has 0 aliphatic heterocycles. The molecule has 2 heterocycles. The quantitative estimate of drug-likeness (QED) is 0.589. The van der Waals surface area contributed by atoms with E-state index in [2.05, 4.69) is 37.6 Å². The van der Waals surface area contributed by atoms with Gasteiger partial charge in [0.1, 0.15) is 5.75 Å². The zero-order chi connectivity index (χ0) is 19.7. The van der Waals surface area contributed by atoms with Crippen LogP contribution < -0.4 is 4.74 Å². The maximum atomic E-state index is 9.43. The SMILES string of the molecule is CCC(CC)n1cc(C)c2c(Oc3c(C)cc(CO)cc3C)nc(C)cc21. The van der Waals surface area contributed by atoms with Gasteiger partial charge in [-0.05, 0) is 68.9 Å². The third-order valence-electron chi connectivity index (χ3n) is 5.34. The van der Waals surface area contributed by atoms with Crippen molar-refractivity contribution in [1.82, 2.24) is 9.55 Å². The summed E-state index contributed by atoms with van der Waals surface area (Å²) >= 11 is 0. The molecule has 0 radical (unpaired) electrons. The molecule has 4 nitrogen and oxygen atoms in total. The largest absolute Gasteiger partial charge is 0.438 e. The number of aromatic nitrogens is 2. The fraction of sp³-hybridized carbons (Fsp3) is 0.435. The van der Waals surface area contributed by atoms with Crippen LogP contribution in [0.15, 0.2) is 24.4 Å². The van der Waals surface area contributed by atoms with Crippen molar-refractivity contribution in [2.45, 2.75) is 67.0 Å².